The Morgan fingerprint density at radius 3 is 3.27 bits per heavy atom. The van der Waals surface area contributed by atoms with Gasteiger partial charge >= 0.3 is 0 Å². The Bertz CT molecular complexity index is 253. The van der Waals surface area contributed by atoms with Crippen LogP contribution in [0.15, 0.2) is 28.9 Å². The number of rotatable bonds is 0. The van der Waals surface area contributed by atoms with Crippen molar-refractivity contribution in [3.63, 3.8) is 0 Å². The Morgan fingerprint density at radius 2 is 2.55 bits per heavy atom. The molecule has 11 heavy (non-hydrogen) atoms. The molecule has 1 unspecified atom stereocenters. The van der Waals surface area contributed by atoms with E-state index in [2.05, 4.69) is 11.1 Å². The third-order valence-corrected chi connectivity index (χ3v) is 1.46. The maximum Gasteiger partial charge on any atom is 0.0947 e. The molecule has 0 radical (unpaired) electrons. The number of aliphatic imine (C=N–C) groups is 1. The highest BCUT2D eigenvalue weighted by Crippen LogP contribution is 2.08. The SMILES string of the molecule is CC1C=NC=CCC(C#N)=C1. The zero-order valence-electron chi connectivity index (χ0n) is 6.49. The van der Waals surface area contributed by atoms with Crippen LogP contribution in [0.25, 0.3) is 0 Å². The van der Waals surface area contributed by atoms with E-state index >= 15 is 0 Å². The minimum Gasteiger partial charge on any atom is -0.269 e. The van der Waals surface area contributed by atoms with Gasteiger partial charge in [0.25, 0.3) is 0 Å². The maximum atomic E-state index is 8.63. The van der Waals surface area contributed by atoms with Crippen LogP contribution < -0.4 is 0 Å². The molecule has 1 atom stereocenters. The van der Waals surface area contributed by atoms with Gasteiger partial charge in [-0.15, -0.1) is 0 Å². The predicted molar refractivity (Wildman–Crippen MR) is 45.1 cm³/mol. The van der Waals surface area contributed by atoms with Gasteiger partial charge in [0, 0.05) is 30.3 Å². The van der Waals surface area contributed by atoms with Gasteiger partial charge in [-0.25, -0.2) is 0 Å². The summed E-state index contributed by atoms with van der Waals surface area (Å²) in [5, 5.41) is 8.63. The molecule has 0 saturated carbocycles. The first kappa shape index (κ1) is 7.74. The van der Waals surface area contributed by atoms with Gasteiger partial charge in [-0.2, -0.15) is 5.26 Å². The van der Waals surface area contributed by atoms with Gasteiger partial charge in [-0.3, -0.25) is 4.99 Å². The minimum atomic E-state index is 0.273. The number of hydrogen-bond acceptors (Lipinski definition) is 2. The van der Waals surface area contributed by atoms with Gasteiger partial charge in [0.15, 0.2) is 0 Å². The van der Waals surface area contributed by atoms with Crippen molar-refractivity contribution in [2.45, 2.75) is 13.3 Å². The van der Waals surface area contributed by atoms with Crippen LogP contribution in [0.5, 0.6) is 0 Å². The van der Waals surface area contributed by atoms with Gasteiger partial charge in [-0.1, -0.05) is 19.1 Å². The molecule has 0 aromatic heterocycles. The van der Waals surface area contributed by atoms with Crippen molar-refractivity contribution in [2.24, 2.45) is 10.9 Å². The lowest BCUT2D eigenvalue weighted by molar-refractivity contribution is 0.994. The number of nitrogens with zero attached hydrogens (tertiary/aromatic N) is 2. The molecular formula is C9H10N2. The predicted octanol–water partition coefficient (Wildman–Crippen LogP) is 2.06. The Labute approximate surface area is 66.6 Å². The molecule has 0 bridgehead atoms. The standard InChI is InChI=1S/C9H10N2/c1-8-5-9(6-10)3-2-4-11-7-8/h2,4-5,7-8H,3H2,1H3. The molecule has 2 nitrogen and oxygen atoms in total. The molecule has 0 saturated heterocycles. The molecule has 1 aliphatic heterocycles. The maximum absolute atomic E-state index is 8.63. The zero-order valence-corrected chi connectivity index (χ0v) is 6.49. The van der Waals surface area contributed by atoms with Crippen molar-refractivity contribution >= 4 is 6.21 Å². The van der Waals surface area contributed by atoms with Gasteiger partial charge in [0.1, 0.15) is 0 Å². The monoisotopic (exact) mass is 146 g/mol. The summed E-state index contributed by atoms with van der Waals surface area (Å²) in [7, 11) is 0. The summed E-state index contributed by atoms with van der Waals surface area (Å²) in [6.07, 6.45) is 8.09. The van der Waals surface area contributed by atoms with E-state index in [4.69, 9.17) is 5.26 Å². The second-order valence-corrected chi connectivity index (χ2v) is 2.55. The minimum absolute atomic E-state index is 0.273. The summed E-state index contributed by atoms with van der Waals surface area (Å²) in [5.74, 6) is 0.273. The highest BCUT2D eigenvalue weighted by molar-refractivity contribution is 5.64. The van der Waals surface area contributed by atoms with Crippen LogP contribution >= 0.6 is 0 Å². The van der Waals surface area contributed by atoms with E-state index in [-0.39, 0.29) is 5.92 Å². The van der Waals surface area contributed by atoms with Crippen LogP contribution in [0, 0.1) is 17.2 Å². The largest absolute Gasteiger partial charge is 0.269 e. The molecule has 1 rings (SSSR count). The van der Waals surface area contributed by atoms with E-state index in [0.717, 1.165) is 5.57 Å². The fraction of sp³-hybridized carbons (Fsp3) is 0.333. The first-order chi connectivity index (χ1) is 5.33. The topological polar surface area (TPSA) is 36.1 Å². The highest BCUT2D eigenvalue weighted by Gasteiger charge is 1.98. The molecule has 0 amide bonds. The van der Waals surface area contributed by atoms with Crippen LogP contribution in [0.3, 0.4) is 0 Å². The van der Waals surface area contributed by atoms with Crippen molar-refractivity contribution in [2.75, 3.05) is 0 Å². The van der Waals surface area contributed by atoms with Crippen LogP contribution in [-0.2, 0) is 0 Å². The van der Waals surface area contributed by atoms with Gasteiger partial charge in [0.2, 0.25) is 0 Å². The molecule has 0 aromatic carbocycles. The van der Waals surface area contributed by atoms with Crippen molar-refractivity contribution in [3.05, 3.63) is 23.9 Å². The fourth-order valence-electron chi connectivity index (χ4n) is 0.937. The lowest BCUT2D eigenvalue weighted by Crippen LogP contribution is -1.93. The highest BCUT2D eigenvalue weighted by atomic mass is 14.7. The normalized spacial score (nSPS) is 23.3. The Morgan fingerprint density at radius 1 is 1.73 bits per heavy atom. The van der Waals surface area contributed by atoms with E-state index in [0.29, 0.717) is 6.42 Å². The molecule has 0 aliphatic carbocycles. The molecule has 0 N–H and O–H groups in total. The van der Waals surface area contributed by atoms with Gasteiger partial charge < -0.3 is 0 Å². The lowest BCUT2D eigenvalue weighted by Gasteiger charge is -2.00. The summed E-state index contributed by atoms with van der Waals surface area (Å²) in [4.78, 5) is 4.02. The molecule has 56 valence electrons. The summed E-state index contributed by atoms with van der Waals surface area (Å²) in [6, 6.07) is 2.15. The van der Waals surface area contributed by atoms with Crippen molar-refractivity contribution in [1.29, 1.82) is 5.26 Å². The smallest absolute Gasteiger partial charge is 0.0947 e. The van der Waals surface area contributed by atoms with E-state index in [1.54, 1.807) is 6.20 Å². The van der Waals surface area contributed by atoms with Crippen LogP contribution in [-0.4, -0.2) is 6.21 Å². The van der Waals surface area contributed by atoms with Gasteiger partial charge in [0.05, 0.1) is 6.07 Å². The Kier molecular flexibility index (Phi) is 2.62. The summed E-state index contributed by atoms with van der Waals surface area (Å²) in [5.41, 5.74) is 0.819. The zero-order chi connectivity index (χ0) is 8.10. The summed E-state index contributed by atoms with van der Waals surface area (Å²) < 4.78 is 0. The quantitative estimate of drug-likeness (QED) is 0.515. The molecular weight excluding hydrogens is 136 g/mol. The molecule has 0 fully saturated rings. The second-order valence-electron chi connectivity index (χ2n) is 2.55. The number of hydrogen-bond donors (Lipinski definition) is 0. The van der Waals surface area contributed by atoms with Crippen molar-refractivity contribution < 1.29 is 0 Å². The average molecular weight is 146 g/mol. The average Bonchev–Trinajstić information content (AvgIpc) is 1.96. The van der Waals surface area contributed by atoms with E-state index in [1.807, 2.05) is 25.3 Å². The Balaban J connectivity index is 2.82. The number of allylic oxidation sites excluding steroid dienone is 3. The second kappa shape index (κ2) is 3.72. The Hall–Kier alpha value is -1.36. The first-order valence-corrected chi connectivity index (χ1v) is 3.62. The van der Waals surface area contributed by atoms with Crippen LogP contribution in [0.2, 0.25) is 0 Å². The summed E-state index contributed by atoms with van der Waals surface area (Å²) in [6.45, 7) is 2.01. The van der Waals surface area contributed by atoms with Crippen LogP contribution in [0.4, 0.5) is 0 Å². The van der Waals surface area contributed by atoms with E-state index in [1.165, 1.54) is 0 Å². The number of nitriles is 1. The third kappa shape index (κ3) is 2.38. The molecule has 0 spiro atoms. The van der Waals surface area contributed by atoms with Crippen LogP contribution in [0.1, 0.15) is 13.3 Å². The summed E-state index contributed by atoms with van der Waals surface area (Å²) >= 11 is 0. The molecule has 0 aromatic rings. The van der Waals surface area contributed by atoms with Crippen molar-refractivity contribution in [3.8, 4) is 6.07 Å². The van der Waals surface area contributed by atoms with E-state index < -0.39 is 0 Å². The third-order valence-electron chi connectivity index (χ3n) is 1.46. The lowest BCUT2D eigenvalue weighted by atomic mass is 10.1. The molecule has 1 aliphatic rings. The molecule has 1 heterocycles. The van der Waals surface area contributed by atoms with Gasteiger partial charge in [-0.05, 0) is 0 Å². The fourth-order valence-corrected chi connectivity index (χ4v) is 0.937. The molecule has 2 heteroatoms. The van der Waals surface area contributed by atoms with E-state index in [9.17, 15) is 0 Å². The first-order valence-electron chi connectivity index (χ1n) is 3.62. The van der Waals surface area contributed by atoms with Crippen molar-refractivity contribution in [1.82, 2.24) is 0 Å².